The van der Waals surface area contributed by atoms with Crippen molar-refractivity contribution in [2.75, 3.05) is 13.7 Å². The predicted molar refractivity (Wildman–Crippen MR) is 106 cm³/mol. The molecule has 0 fully saturated rings. The number of nitrogens with zero attached hydrogens (tertiary/aromatic N) is 1. The first-order valence-corrected chi connectivity index (χ1v) is 9.17. The summed E-state index contributed by atoms with van der Waals surface area (Å²) in [6.45, 7) is 9.39. The van der Waals surface area contributed by atoms with Crippen molar-refractivity contribution in [3.63, 3.8) is 0 Å². The zero-order valence-electron chi connectivity index (χ0n) is 17.3. The van der Waals surface area contributed by atoms with Gasteiger partial charge < -0.3 is 14.2 Å². The zero-order chi connectivity index (χ0) is 20.9. The van der Waals surface area contributed by atoms with Crippen molar-refractivity contribution in [1.29, 1.82) is 0 Å². The first kappa shape index (κ1) is 21.4. The highest BCUT2D eigenvalue weighted by atomic mass is 16.6. The van der Waals surface area contributed by atoms with Crippen molar-refractivity contribution in [3.8, 4) is 16.9 Å². The van der Waals surface area contributed by atoms with Crippen LogP contribution in [0, 0.1) is 6.92 Å². The molecule has 0 radical (unpaired) electrons. The second-order valence-corrected chi connectivity index (χ2v) is 7.39. The van der Waals surface area contributed by atoms with Gasteiger partial charge in [-0.3, -0.25) is 9.78 Å². The number of ether oxygens (including phenoxy) is 3. The minimum absolute atomic E-state index is 0.113. The van der Waals surface area contributed by atoms with Crippen LogP contribution in [0.2, 0.25) is 0 Å². The molecule has 2 aromatic rings. The van der Waals surface area contributed by atoms with Crippen LogP contribution >= 0.6 is 0 Å². The van der Waals surface area contributed by atoms with Gasteiger partial charge in [-0.2, -0.15) is 0 Å². The highest BCUT2D eigenvalue weighted by Crippen LogP contribution is 2.34. The molecule has 0 aliphatic carbocycles. The second kappa shape index (κ2) is 8.87. The Morgan fingerprint density at radius 3 is 2.43 bits per heavy atom. The Balaban J connectivity index is 2.59. The smallest absolute Gasteiger partial charge is 0.339 e. The minimum atomic E-state index is -0.629. The average molecular weight is 385 g/mol. The van der Waals surface area contributed by atoms with Crippen LogP contribution in [-0.4, -0.2) is 36.2 Å². The number of aromatic nitrogens is 1. The van der Waals surface area contributed by atoms with E-state index in [1.807, 2.05) is 33.8 Å². The van der Waals surface area contributed by atoms with Crippen molar-refractivity contribution in [3.05, 3.63) is 47.3 Å². The highest BCUT2D eigenvalue weighted by molar-refractivity contribution is 5.98. The number of aryl methyl sites for hydroxylation is 1. The Kier molecular flexibility index (Phi) is 6.78. The number of rotatable bonds is 6. The van der Waals surface area contributed by atoms with Gasteiger partial charge in [-0.05, 0) is 58.4 Å². The summed E-state index contributed by atoms with van der Waals surface area (Å²) in [7, 11) is 1.55. The van der Waals surface area contributed by atoms with Gasteiger partial charge in [-0.15, -0.1) is 0 Å². The van der Waals surface area contributed by atoms with E-state index in [0.717, 1.165) is 11.3 Å². The van der Waals surface area contributed by atoms with Crippen LogP contribution in [0.15, 0.2) is 30.5 Å². The fourth-order valence-corrected chi connectivity index (χ4v) is 2.73. The van der Waals surface area contributed by atoms with Crippen LogP contribution in [-0.2, 0) is 20.7 Å². The van der Waals surface area contributed by atoms with Gasteiger partial charge >= 0.3 is 11.9 Å². The quantitative estimate of drug-likeness (QED) is 0.696. The molecule has 2 rings (SSSR count). The first-order valence-electron chi connectivity index (χ1n) is 9.17. The van der Waals surface area contributed by atoms with Crippen LogP contribution in [0.25, 0.3) is 11.1 Å². The summed E-state index contributed by atoms with van der Waals surface area (Å²) in [5, 5.41) is 0. The lowest BCUT2D eigenvalue weighted by molar-refractivity contribution is -0.142. The molecule has 0 N–H and O–H groups in total. The summed E-state index contributed by atoms with van der Waals surface area (Å²) in [6.07, 6.45) is 1.73. The number of carbonyl (C=O) groups excluding carboxylic acids is 2. The molecule has 0 atom stereocenters. The van der Waals surface area contributed by atoms with E-state index in [1.165, 1.54) is 0 Å². The molecule has 0 saturated carbocycles. The number of esters is 2. The number of benzene rings is 1. The molecule has 150 valence electrons. The van der Waals surface area contributed by atoms with Gasteiger partial charge in [0.05, 0.1) is 31.9 Å². The standard InChI is InChI=1S/C22H27NO5/c1-7-27-20(24)12-15-8-9-16(21(25)28-22(3,4)5)17(11-15)18-10-14(2)23-13-19(18)26-6/h8-11,13H,7,12H2,1-6H3. The van der Waals surface area contributed by atoms with Crippen molar-refractivity contribution < 1.29 is 23.8 Å². The van der Waals surface area contributed by atoms with Crippen molar-refractivity contribution >= 4 is 11.9 Å². The van der Waals surface area contributed by atoms with Gasteiger partial charge in [0.15, 0.2) is 0 Å². The predicted octanol–water partition coefficient (Wildman–Crippen LogP) is 4.13. The molecule has 0 bridgehead atoms. The highest BCUT2D eigenvalue weighted by Gasteiger charge is 2.23. The van der Waals surface area contributed by atoms with E-state index in [0.29, 0.717) is 29.0 Å². The summed E-state index contributed by atoms with van der Waals surface area (Å²) in [5.74, 6) is -0.235. The van der Waals surface area contributed by atoms with Gasteiger partial charge in [0.2, 0.25) is 0 Å². The Hall–Kier alpha value is -2.89. The van der Waals surface area contributed by atoms with Gasteiger partial charge in [0, 0.05) is 16.8 Å². The summed E-state index contributed by atoms with van der Waals surface area (Å²) in [5.41, 5.74) is 2.61. The topological polar surface area (TPSA) is 74.7 Å². The molecule has 1 heterocycles. The minimum Gasteiger partial charge on any atom is -0.494 e. The molecular formula is C22H27NO5. The monoisotopic (exact) mass is 385 g/mol. The number of hydrogen-bond donors (Lipinski definition) is 0. The molecule has 0 unspecified atom stereocenters. The van der Waals surface area contributed by atoms with Crippen molar-refractivity contribution in [2.24, 2.45) is 0 Å². The first-order chi connectivity index (χ1) is 13.1. The average Bonchev–Trinajstić information content (AvgIpc) is 2.60. The maximum absolute atomic E-state index is 12.8. The van der Waals surface area contributed by atoms with Crippen LogP contribution in [0.1, 0.15) is 49.3 Å². The lowest BCUT2D eigenvalue weighted by atomic mass is 9.95. The third-order valence-electron chi connectivity index (χ3n) is 3.87. The molecule has 1 aromatic carbocycles. The van der Waals surface area contributed by atoms with E-state index >= 15 is 0 Å². The van der Waals surface area contributed by atoms with E-state index in [1.54, 1.807) is 38.4 Å². The Morgan fingerprint density at radius 1 is 1.11 bits per heavy atom. The lowest BCUT2D eigenvalue weighted by Gasteiger charge is -2.21. The summed E-state index contributed by atoms with van der Waals surface area (Å²) in [6, 6.07) is 7.05. The van der Waals surface area contributed by atoms with Gasteiger partial charge in [-0.25, -0.2) is 4.79 Å². The molecule has 1 aromatic heterocycles. The van der Waals surface area contributed by atoms with Gasteiger partial charge in [0.1, 0.15) is 11.4 Å². The van der Waals surface area contributed by atoms with Crippen LogP contribution < -0.4 is 4.74 Å². The van der Waals surface area contributed by atoms with E-state index in [9.17, 15) is 9.59 Å². The van der Waals surface area contributed by atoms with Crippen molar-refractivity contribution in [2.45, 2.75) is 46.6 Å². The summed E-state index contributed by atoms with van der Waals surface area (Å²) < 4.78 is 16.0. The van der Waals surface area contributed by atoms with Gasteiger partial charge in [0.25, 0.3) is 0 Å². The SMILES string of the molecule is CCOC(=O)Cc1ccc(C(=O)OC(C)(C)C)c(-c2cc(C)ncc2OC)c1. The Morgan fingerprint density at radius 2 is 1.82 bits per heavy atom. The van der Waals surface area contributed by atoms with E-state index in [-0.39, 0.29) is 12.4 Å². The normalized spacial score (nSPS) is 11.1. The van der Waals surface area contributed by atoms with E-state index < -0.39 is 11.6 Å². The maximum Gasteiger partial charge on any atom is 0.339 e. The number of pyridine rings is 1. The molecule has 6 nitrogen and oxygen atoms in total. The number of methoxy groups -OCH3 is 1. The molecule has 0 aliphatic rings. The zero-order valence-corrected chi connectivity index (χ0v) is 17.3. The molecule has 0 saturated heterocycles. The largest absolute Gasteiger partial charge is 0.494 e. The molecule has 28 heavy (non-hydrogen) atoms. The third-order valence-corrected chi connectivity index (χ3v) is 3.87. The fraction of sp³-hybridized carbons (Fsp3) is 0.409. The molecule has 0 spiro atoms. The number of carbonyl (C=O) groups is 2. The summed E-state index contributed by atoms with van der Waals surface area (Å²) in [4.78, 5) is 29.0. The lowest BCUT2D eigenvalue weighted by Crippen LogP contribution is -2.24. The Labute approximate surface area is 165 Å². The Bertz CT molecular complexity index is 868. The molecule has 0 aliphatic heterocycles. The maximum atomic E-state index is 12.8. The van der Waals surface area contributed by atoms with E-state index in [4.69, 9.17) is 14.2 Å². The van der Waals surface area contributed by atoms with Crippen molar-refractivity contribution in [1.82, 2.24) is 4.98 Å². The fourth-order valence-electron chi connectivity index (χ4n) is 2.73. The van der Waals surface area contributed by atoms with Crippen LogP contribution in [0.4, 0.5) is 0 Å². The van der Waals surface area contributed by atoms with Crippen LogP contribution in [0.3, 0.4) is 0 Å². The third kappa shape index (κ3) is 5.55. The summed E-state index contributed by atoms with van der Waals surface area (Å²) >= 11 is 0. The van der Waals surface area contributed by atoms with Gasteiger partial charge in [-0.1, -0.05) is 6.07 Å². The second-order valence-electron chi connectivity index (χ2n) is 7.39. The van der Waals surface area contributed by atoms with E-state index in [2.05, 4.69) is 4.98 Å². The van der Waals surface area contributed by atoms with Crippen LogP contribution in [0.5, 0.6) is 5.75 Å². The number of hydrogen-bond acceptors (Lipinski definition) is 6. The molecular weight excluding hydrogens is 358 g/mol. The molecule has 0 amide bonds. The molecule has 6 heteroatoms.